The van der Waals surface area contributed by atoms with Crippen LogP contribution in [0.4, 0.5) is 0 Å². The van der Waals surface area contributed by atoms with Crippen LogP contribution >= 0.6 is 0 Å². The zero-order valence-electron chi connectivity index (χ0n) is 10.1. The predicted octanol–water partition coefficient (Wildman–Crippen LogP) is 1.13. The van der Waals surface area contributed by atoms with E-state index in [4.69, 9.17) is 4.74 Å². The van der Waals surface area contributed by atoms with Crippen molar-refractivity contribution >= 4 is 0 Å². The van der Waals surface area contributed by atoms with Crippen molar-refractivity contribution in [2.75, 3.05) is 26.8 Å². The smallest absolute Gasteiger partial charge is 0.0704 e. The van der Waals surface area contributed by atoms with Crippen LogP contribution in [0.5, 0.6) is 0 Å². The fraction of sp³-hybridized carbons (Fsp3) is 0.538. The van der Waals surface area contributed by atoms with E-state index >= 15 is 0 Å². The molecule has 0 aliphatic carbocycles. The largest absolute Gasteiger partial charge is 0.391 e. The number of aliphatic hydroxyl groups excluding tert-OH is 1. The Bertz CT molecular complexity index is 302. The number of nitrogens with one attached hydrogen (secondary N) is 1. The maximum atomic E-state index is 9.82. The lowest BCUT2D eigenvalue weighted by molar-refractivity contribution is 0.160. The molecule has 0 bridgehead atoms. The minimum Gasteiger partial charge on any atom is -0.391 e. The molecule has 1 atom stereocenters. The summed E-state index contributed by atoms with van der Waals surface area (Å²) in [6.07, 6.45) is 0.366. The molecular formula is C13H21NO2. The van der Waals surface area contributed by atoms with E-state index in [1.54, 1.807) is 7.11 Å². The number of methoxy groups -OCH3 is 1. The molecule has 1 aromatic rings. The van der Waals surface area contributed by atoms with Crippen LogP contribution in [0.3, 0.4) is 0 Å². The first kappa shape index (κ1) is 13.2. The lowest BCUT2D eigenvalue weighted by Gasteiger charge is -2.13. The van der Waals surface area contributed by atoms with Gasteiger partial charge in [0.15, 0.2) is 0 Å². The molecule has 0 saturated heterocycles. The molecule has 2 N–H and O–H groups in total. The minimum absolute atomic E-state index is 0.335. The van der Waals surface area contributed by atoms with Gasteiger partial charge in [0.05, 0.1) is 12.7 Å². The van der Waals surface area contributed by atoms with Crippen LogP contribution < -0.4 is 5.32 Å². The monoisotopic (exact) mass is 223 g/mol. The molecule has 0 spiro atoms. The van der Waals surface area contributed by atoms with Crippen molar-refractivity contribution in [3.63, 3.8) is 0 Å². The second-order valence-electron chi connectivity index (χ2n) is 3.98. The highest BCUT2D eigenvalue weighted by Crippen LogP contribution is 2.09. The average molecular weight is 223 g/mol. The van der Waals surface area contributed by atoms with Gasteiger partial charge in [0.2, 0.25) is 0 Å². The van der Waals surface area contributed by atoms with Gasteiger partial charge in [0, 0.05) is 20.2 Å². The summed E-state index contributed by atoms with van der Waals surface area (Å²) in [6.45, 7) is 4.14. The normalized spacial score (nSPS) is 12.7. The van der Waals surface area contributed by atoms with E-state index < -0.39 is 0 Å². The van der Waals surface area contributed by atoms with Gasteiger partial charge in [-0.15, -0.1) is 0 Å². The summed E-state index contributed by atoms with van der Waals surface area (Å²) in [7, 11) is 1.67. The molecule has 3 nitrogen and oxygen atoms in total. The van der Waals surface area contributed by atoms with E-state index in [2.05, 4.69) is 24.4 Å². The third kappa shape index (κ3) is 4.75. The van der Waals surface area contributed by atoms with E-state index in [9.17, 15) is 5.11 Å². The molecule has 0 heterocycles. The number of hydrogen-bond acceptors (Lipinski definition) is 3. The molecule has 1 rings (SSSR count). The molecule has 0 fully saturated rings. The summed E-state index contributed by atoms with van der Waals surface area (Å²) >= 11 is 0. The highest BCUT2D eigenvalue weighted by molar-refractivity contribution is 5.26. The molecule has 0 amide bonds. The Hall–Kier alpha value is -0.900. The lowest BCUT2D eigenvalue weighted by Crippen LogP contribution is -2.30. The van der Waals surface area contributed by atoms with Crippen LogP contribution in [0.2, 0.25) is 0 Å². The predicted molar refractivity (Wildman–Crippen MR) is 65.6 cm³/mol. The van der Waals surface area contributed by atoms with Gasteiger partial charge in [-0.2, -0.15) is 0 Å². The number of ether oxygens (including phenoxy) is 1. The van der Waals surface area contributed by atoms with Crippen molar-refractivity contribution in [2.45, 2.75) is 19.4 Å². The Morgan fingerprint density at radius 1 is 1.38 bits per heavy atom. The van der Waals surface area contributed by atoms with Gasteiger partial charge >= 0.3 is 0 Å². The maximum Gasteiger partial charge on any atom is 0.0704 e. The highest BCUT2D eigenvalue weighted by Gasteiger charge is 2.06. The number of aliphatic hydroxyl groups is 1. The third-order valence-electron chi connectivity index (χ3n) is 2.58. The van der Waals surface area contributed by atoms with Gasteiger partial charge in [-0.25, -0.2) is 0 Å². The van der Waals surface area contributed by atoms with Gasteiger partial charge in [-0.3, -0.25) is 0 Å². The first-order valence-corrected chi connectivity index (χ1v) is 5.66. The summed E-state index contributed by atoms with van der Waals surface area (Å²) in [5.74, 6) is 0. The quantitative estimate of drug-likeness (QED) is 0.681. The van der Waals surface area contributed by atoms with Crippen molar-refractivity contribution in [2.24, 2.45) is 0 Å². The molecule has 16 heavy (non-hydrogen) atoms. The fourth-order valence-corrected chi connectivity index (χ4v) is 1.61. The van der Waals surface area contributed by atoms with Crippen molar-refractivity contribution in [1.29, 1.82) is 0 Å². The van der Waals surface area contributed by atoms with E-state index in [0.717, 1.165) is 6.54 Å². The molecule has 0 saturated carbocycles. The second-order valence-corrected chi connectivity index (χ2v) is 3.98. The topological polar surface area (TPSA) is 41.5 Å². The van der Waals surface area contributed by atoms with Crippen molar-refractivity contribution in [3.05, 3.63) is 35.4 Å². The Morgan fingerprint density at radius 2 is 2.12 bits per heavy atom. The van der Waals surface area contributed by atoms with Gasteiger partial charge in [-0.05, 0) is 24.5 Å². The number of aryl methyl sites for hydroxylation is 1. The van der Waals surface area contributed by atoms with E-state index in [1.165, 1.54) is 11.1 Å². The fourth-order valence-electron chi connectivity index (χ4n) is 1.61. The maximum absolute atomic E-state index is 9.82. The molecule has 0 aliphatic heterocycles. The standard InChI is InChI=1S/C13H21NO2/c1-11-5-3-4-6-12(11)9-13(15)10-14-7-8-16-2/h3-6,13-15H,7-10H2,1-2H3. The van der Waals surface area contributed by atoms with Crippen LogP contribution in [0.25, 0.3) is 0 Å². The Balaban J connectivity index is 2.28. The molecule has 90 valence electrons. The molecule has 1 unspecified atom stereocenters. The first-order valence-electron chi connectivity index (χ1n) is 5.66. The average Bonchev–Trinajstić information content (AvgIpc) is 2.28. The van der Waals surface area contributed by atoms with Crippen LogP contribution in [0.1, 0.15) is 11.1 Å². The Kier molecular flexibility index (Phi) is 6.08. The van der Waals surface area contributed by atoms with Crippen molar-refractivity contribution in [3.8, 4) is 0 Å². The Labute approximate surface area is 97.4 Å². The molecule has 1 aromatic carbocycles. The zero-order valence-corrected chi connectivity index (χ0v) is 10.1. The zero-order chi connectivity index (χ0) is 11.8. The van der Waals surface area contributed by atoms with E-state index in [-0.39, 0.29) is 6.10 Å². The third-order valence-corrected chi connectivity index (χ3v) is 2.58. The summed E-state index contributed by atoms with van der Waals surface area (Å²) in [5, 5.41) is 13.0. The molecule has 3 heteroatoms. The second kappa shape index (κ2) is 7.39. The molecular weight excluding hydrogens is 202 g/mol. The highest BCUT2D eigenvalue weighted by atomic mass is 16.5. The van der Waals surface area contributed by atoms with Crippen molar-refractivity contribution < 1.29 is 9.84 Å². The van der Waals surface area contributed by atoms with Gasteiger partial charge in [0.25, 0.3) is 0 Å². The number of hydrogen-bond donors (Lipinski definition) is 2. The molecule has 0 aromatic heterocycles. The first-order chi connectivity index (χ1) is 7.74. The summed E-state index contributed by atoms with van der Waals surface area (Å²) in [4.78, 5) is 0. The van der Waals surface area contributed by atoms with Crippen LogP contribution in [-0.4, -0.2) is 38.0 Å². The van der Waals surface area contributed by atoms with Gasteiger partial charge in [-0.1, -0.05) is 24.3 Å². The molecule has 0 aliphatic rings. The summed E-state index contributed by atoms with van der Waals surface area (Å²) in [5.41, 5.74) is 2.45. The van der Waals surface area contributed by atoms with Gasteiger partial charge in [0.1, 0.15) is 0 Å². The number of rotatable bonds is 7. The molecule has 0 radical (unpaired) electrons. The minimum atomic E-state index is -0.335. The Morgan fingerprint density at radius 3 is 2.81 bits per heavy atom. The summed E-state index contributed by atoms with van der Waals surface area (Å²) < 4.78 is 4.92. The van der Waals surface area contributed by atoms with E-state index in [0.29, 0.717) is 19.6 Å². The van der Waals surface area contributed by atoms with Crippen molar-refractivity contribution in [1.82, 2.24) is 5.32 Å². The SMILES string of the molecule is COCCNCC(O)Cc1ccccc1C. The van der Waals surface area contributed by atoms with Crippen LogP contribution in [-0.2, 0) is 11.2 Å². The lowest BCUT2D eigenvalue weighted by atomic mass is 10.0. The van der Waals surface area contributed by atoms with Gasteiger partial charge < -0.3 is 15.2 Å². The van der Waals surface area contributed by atoms with Crippen LogP contribution in [0, 0.1) is 6.92 Å². The summed E-state index contributed by atoms with van der Waals surface area (Å²) in [6, 6.07) is 8.16. The number of benzene rings is 1. The van der Waals surface area contributed by atoms with E-state index in [1.807, 2.05) is 12.1 Å². The van der Waals surface area contributed by atoms with Crippen LogP contribution in [0.15, 0.2) is 24.3 Å².